The number of cyclic esters (lactones) is 1. The summed E-state index contributed by atoms with van der Waals surface area (Å²) in [6.07, 6.45) is 0.154. The first-order chi connectivity index (χ1) is 9.06. The molecule has 1 unspecified atom stereocenters. The maximum Gasteiger partial charge on any atom is 0.347 e. The summed E-state index contributed by atoms with van der Waals surface area (Å²) >= 11 is 3.52. The Morgan fingerprint density at radius 2 is 2.32 bits per heavy atom. The number of esters is 1. The van der Waals surface area contributed by atoms with Crippen molar-refractivity contribution in [1.82, 2.24) is 5.32 Å². The second-order valence-electron chi connectivity index (χ2n) is 4.85. The predicted octanol–water partition coefficient (Wildman–Crippen LogP) is 2.64. The van der Waals surface area contributed by atoms with Crippen LogP contribution in [0.2, 0.25) is 0 Å². The summed E-state index contributed by atoms with van der Waals surface area (Å²) in [6, 6.07) is 6.16. The lowest BCUT2D eigenvalue weighted by Gasteiger charge is -2.14. The van der Waals surface area contributed by atoms with Crippen LogP contribution in [0.25, 0.3) is 0 Å². The molecule has 0 bridgehead atoms. The van der Waals surface area contributed by atoms with Gasteiger partial charge in [-0.15, -0.1) is 0 Å². The highest BCUT2D eigenvalue weighted by atomic mass is 79.9. The first-order valence-corrected chi connectivity index (χ1v) is 7.20. The maximum atomic E-state index is 11.4. The van der Waals surface area contributed by atoms with E-state index in [-0.39, 0.29) is 5.97 Å². The number of benzene rings is 1. The first-order valence-electron chi connectivity index (χ1n) is 6.41. The molecule has 1 heterocycles. The lowest BCUT2D eigenvalue weighted by atomic mass is 10.2. The van der Waals surface area contributed by atoms with Gasteiger partial charge in [0.2, 0.25) is 0 Å². The predicted molar refractivity (Wildman–Crippen MR) is 76.1 cm³/mol. The van der Waals surface area contributed by atoms with Gasteiger partial charge in [0.15, 0.2) is 6.10 Å². The molecule has 4 nitrogen and oxygen atoms in total. The molecule has 1 N–H and O–H groups in total. The lowest BCUT2D eigenvalue weighted by molar-refractivity contribution is -0.143. The molecule has 1 saturated heterocycles. The number of rotatable bonds is 5. The van der Waals surface area contributed by atoms with Crippen LogP contribution >= 0.6 is 15.9 Å². The summed E-state index contributed by atoms with van der Waals surface area (Å²) in [5, 5.41) is 3.36. The zero-order chi connectivity index (χ0) is 13.8. The van der Waals surface area contributed by atoms with Crippen LogP contribution in [0, 0.1) is 0 Å². The van der Waals surface area contributed by atoms with Gasteiger partial charge in [-0.2, -0.15) is 0 Å². The summed E-state index contributed by atoms with van der Waals surface area (Å²) in [7, 11) is 0. The topological polar surface area (TPSA) is 47.6 Å². The Hall–Kier alpha value is -1.07. The quantitative estimate of drug-likeness (QED) is 0.844. The molecular formula is C14H18BrNO3. The first kappa shape index (κ1) is 14.3. The highest BCUT2D eigenvalue weighted by molar-refractivity contribution is 9.10. The monoisotopic (exact) mass is 327 g/mol. The van der Waals surface area contributed by atoms with Crippen LogP contribution < -0.4 is 10.1 Å². The van der Waals surface area contributed by atoms with Gasteiger partial charge in [-0.3, -0.25) is 0 Å². The fourth-order valence-corrected chi connectivity index (χ4v) is 2.21. The molecule has 2 rings (SSSR count). The summed E-state index contributed by atoms with van der Waals surface area (Å²) < 4.78 is 11.6. The van der Waals surface area contributed by atoms with E-state index >= 15 is 0 Å². The molecule has 1 aromatic carbocycles. The average molecular weight is 328 g/mol. The Balaban J connectivity index is 2.05. The Morgan fingerprint density at radius 3 is 2.95 bits per heavy atom. The second-order valence-corrected chi connectivity index (χ2v) is 5.71. The van der Waals surface area contributed by atoms with Gasteiger partial charge in [-0.05, 0) is 23.8 Å². The van der Waals surface area contributed by atoms with Gasteiger partial charge < -0.3 is 14.8 Å². The number of hydrogen-bond donors (Lipinski definition) is 1. The van der Waals surface area contributed by atoms with Gasteiger partial charge in [0.1, 0.15) is 5.75 Å². The molecular weight excluding hydrogens is 310 g/mol. The Labute approximate surface area is 121 Å². The molecule has 1 atom stereocenters. The van der Waals surface area contributed by atoms with E-state index < -0.39 is 6.10 Å². The van der Waals surface area contributed by atoms with Crippen molar-refractivity contribution < 1.29 is 14.3 Å². The van der Waals surface area contributed by atoms with Gasteiger partial charge in [0.25, 0.3) is 0 Å². The van der Waals surface area contributed by atoms with E-state index in [1.165, 1.54) is 0 Å². The number of carbonyl (C=O) groups is 1. The molecule has 104 valence electrons. The van der Waals surface area contributed by atoms with Crippen molar-refractivity contribution in [2.75, 3.05) is 6.61 Å². The molecule has 0 saturated carbocycles. The second kappa shape index (κ2) is 6.39. The number of ether oxygens (including phenoxy) is 2. The van der Waals surface area contributed by atoms with Crippen LogP contribution in [0.15, 0.2) is 22.7 Å². The largest absolute Gasteiger partial charge is 0.479 e. The molecule has 0 aromatic heterocycles. The Bertz CT molecular complexity index is 462. The fourth-order valence-electron chi connectivity index (χ4n) is 1.82. The highest BCUT2D eigenvalue weighted by Gasteiger charge is 2.28. The van der Waals surface area contributed by atoms with Crippen LogP contribution in [0.4, 0.5) is 0 Å². The van der Waals surface area contributed by atoms with Crippen LogP contribution in [0.3, 0.4) is 0 Å². The standard InChI is InChI=1S/C14H18BrNO3/c1-9(2)16-8-10-7-11(3-4-12(10)15)19-13-5-6-18-14(13)17/h3-4,7,9,13,16H,5-6,8H2,1-2H3. The van der Waals surface area contributed by atoms with Gasteiger partial charge >= 0.3 is 5.97 Å². The van der Waals surface area contributed by atoms with E-state index in [0.717, 1.165) is 16.6 Å². The Morgan fingerprint density at radius 1 is 1.53 bits per heavy atom. The summed E-state index contributed by atoms with van der Waals surface area (Å²) in [4.78, 5) is 11.4. The fraction of sp³-hybridized carbons (Fsp3) is 0.500. The maximum absolute atomic E-state index is 11.4. The third-order valence-electron chi connectivity index (χ3n) is 2.88. The smallest absolute Gasteiger partial charge is 0.347 e. The van der Waals surface area contributed by atoms with Crippen LogP contribution in [0.5, 0.6) is 5.75 Å². The molecule has 1 aromatic rings. The SMILES string of the molecule is CC(C)NCc1cc(OC2CCOC2=O)ccc1Br. The van der Waals surface area contributed by atoms with E-state index in [4.69, 9.17) is 9.47 Å². The Kier molecular flexibility index (Phi) is 4.82. The lowest BCUT2D eigenvalue weighted by Crippen LogP contribution is -2.23. The van der Waals surface area contributed by atoms with E-state index in [1.54, 1.807) is 0 Å². The van der Waals surface area contributed by atoms with Gasteiger partial charge in [-0.1, -0.05) is 29.8 Å². The van der Waals surface area contributed by atoms with Crippen molar-refractivity contribution in [3.05, 3.63) is 28.2 Å². The van der Waals surface area contributed by atoms with Gasteiger partial charge in [0.05, 0.1) is 6.61 Å². The number of hydrogen-bond acceptors (Lipinski definition) is 4. The molecule has 0 amide bonds. The van der Waals surface area contributed by atoms with Crippen molar-refractivity contribution in [3.8, 4) is 5.75 Å². The third kappa shape index (κ3) is 3.94. The minimum absolute atomic E-state index is 0.273. The summed E-state index contributed by atoms with van der Waals surface area (Å²) in [5.74, 6) is 0.428. The molecule has 0 spiro atoms. The zero-order valence-corrected chi connectivity index (χ0v) is 12.7. The molecule has 1 aliphatic rings. The van der Waals surface area contributed by atoms with Crippen molar-refractivity contribution in [2.45, 2.75) is 39.0 Å². The van der Waals surface area contributed by atoms with Crippen LogP contribution in [-0.2, 0) is 16.1 Å². The number of carbonyl (C=O) groups excluding carboxylic acids is 1. The number of halogens is 1. The normalized spacial score (nSPS) is 18.7. The minimum atomic E-state index is -0.466. The minimum Gasteiger partial charge on any atom is -0.479 e. The van der Waals surface area contributed by atoms with E-state index in [0.29, 0.717) is 24.8 Å². The van der Waals surface area contributed by atoms with Crippen LogP contribution in [0.1, 0.15) is 25.8 Å². The highest BCUT2D eigenvalue weighted by Crippen LogP contribution is 2.25. The van der Waals surface area contributed by atoms with Crippen molar-refractivity contribution in [3.63, 3.8) is 0 Å². The zero-order valence-electron chi connectivity index (χ0n) is 11.1. The molecule has 19 heavy (non-hydrogen) atoms. The van der Waals surface area contributed by atoms with E-state index in [9.17, 15) is 4.79 Å². The summed E-state index contributed by atoms with van der Waals surface area (Å²) in [5.41, 5.74) is 1.11. The van der Waals surface area contributed by atoms with Crippen molar-refractivity contribution >= 4 is 21.9 Å². The summed E-state index contributed by atoms with van der Waals surface area (Å²) in [6.45, 7) is 5.40. The molecule has 1 fully saturated rings. The van der Waals surface area contributed by atoms with Crippen LogP contribution in [-0.4, -0.2) is 24.7 Å². The van der Waals surface area contributed by atoms with E-state index in [1.807, 2.05) is 18.2 Å². The average Bonchev–Trinajstić information content (AvgIpc) is 2.75. The molecule has 1 aliphatic heterocycles. The number of nitrogens with one attached hydrogen (secondary N) is 1. The van der Waals surface area contributed by atoms with Gasteiger partial charge in [0, 0.05) is 23.5 Å². The third-order valence-corrected chi connectivity index (χ3v) is 3.66. The van der Waals surface area contributed by atoms with E-state index in [2.05, 4.69) is 35.1 Å². The molecule has 5 heteroatoms. The molecule has 0 aliphatic carbocycles. The van der Waals surface area contributed by atoms with Crippen molar-refractivity contribution in [1.29, 1.82) is 0 Å². The van der Waals surface area contributed by atoms with Crippen molar-refractivity contribution in [2.24, 2.45) is 0 Å². The van der Waals surface area contributed by atoms with Gasteiger partial charge in [-0.25, -0.2) is 4.79 Å². The molecule has 0 radical (unpaired) electrons.